The SMILES string of the molecule is CCn1c([C@H](C)Oc2cccc(C)c2C)n[nH]c1=S. The lowest BCUT2D eigenvalue weighted by atomic mass is 10.1. The fourth-order valence-electron chi connectivity index (χ4n) is 2.04. The number of benzene rings is 1. The van der Waals surface area contributed by atoms with Crippen LogP contribution in [0.25, 0.3) is 0 Å². The highest BCUT2D eigenvalue weighted by Gasteiger charge is 2.16. The number of aryl methyl sites for hydroxylation is 1. The largest absolute Gasteiger partial charge is 0.482 e. The van der Waals surface area contributed by atoms with Gasteiger partial charge in [-0.15, -0.1) is 0 Å². The maximum Gasteiger partial charge on any atom is 0.195 e. The Balaban J connectivity index is 2.28. The van der Waals surface area contributed by atoms with E-state index in [0.717, 1.165) is 23.7 Å². The quantitative estimate of drug-likeness (QED) is 0.866. The molecule has 0 fully saturated rings. The van der Waals surface area contributed by atoms with Crippen LogP contribution in [0.1, 0.15) is 36.9 Å². The van der Waals surface area contributed by atoms with Crippen LogP contribution in [-0.2, 0) is 6.54 Å². The first kappa shape index (κ1) is 13.8. The van der Waals surface area contributed by atoms with Crippen LogP contribution in [0.4, 0.5) is 0 Å². The molecule has 4 nitrogen and oxygen atoms in total. The first-order valence-electron chi connectivity index (χ1n) is 6.42. The molecule has 1 atom stereocenters. The summed E-state index contributed by atoms with van der Waals surface area (Å²) in [7, 11) is 0. The molecular formula is C14H19N3OS. The van der Waals surface area contributed by atoms with E-state index in [4.69, 9.17) is 17.0 Å². The van der Waals surface area contributed by atoms with E-state index in [1.165, 1.54) is 5.56 Å². The summed E-state index contributed by atoms with van der Waals surface area (Å²) in [6, 6.07) is 6.06. The molecule has 0 aliphatic rings. The van der Waals surface area contributed by atoms with Gasteiger partial charge in [-0.25, -0.2) is 0 Å². The Bertz CT molecular complexity index is 630. The summed E-state index contributed by atoms with van der Waals surface area (Å²) >= 11 is 5.19. The van der Waals surface area contributed by atoms with E-state index < -0.39 is 0 Å². The van der Waals surface area contributed by atoms with E-state index in [-0.39, 0.29) is 6.10 Å². The van der Waals surface area contributed by atoms with Gasteiger partial charge in [-0.3, -0.25) is 5.10 Å². The van der Waals surface area contributed by atoms with Gasteiger partial charge in [-0.2, -0.15) is 5.10 Å². The van der Waals surface area contributed by atoms with Crippen LogP contribution in [0.5, 0.6) is 5.75 Å². The standard InChI is InChI=1S/C14H19N3OS/c1-5-17-13(15-16-14(17)19)11(4)18-12-8-6-7-9(2)10(12)3/h6-8,11H,5H2,1-4H3,(H,16,19)/t11-/m0/s1. The molecule has 2 aromatic rings. The van der Waals surface area contributed by atoms with Gasteiger partial charge in [0.05, 0.1) is 0 Å². The van der Waals surface area contributed by atoms with Crippen molar-refractivity contribution in [2.45, 2.75) is 40.3 Å². The smallest absolute Gasteiger partial charge is 0.195 e. The Morgan fingerprint density at radius 3 is 2.84 bits per heavy atom. The molecule has 0 saturated carbocycles. The Morgan fingerprint density at radius 2 is 2.16 bits per heavy atom. The highest BCUT2D eigenvalue weighted by molar-refractivity contribution is 7.71. The van der Waals surface area contributed by atoms with Crippen LogP contribution in [0, 0.1) is 18.6 Å². The number of nitrogens with one attached hydrogen (secondary N) is 1. The van der Waals surface area contributed by atoms with Crippen LogP contribution < -0.4 is 4.74 Å². The van der Waals surface area contributed by atoms with E-state index in [2.05, 4.69) is 30.1 Å². The van der Waals surface area contributed by atoms with E-state index in [1.54, 1.807) is 0 Å². The van der Waals surface area contributed by atoms with Crippen molar-refractivity contribution in [1.29, 1.82) is 0 Å². The van der Waals surface area contributed by atoms with Crippen molar-refractivity contribution in [3.8, 4) is 5.75 Å². The van der Waals surface area contributed by atoms with Crippen LogP contribution in [0.15, 0.2) is 18.2 Å². The van der Waals surface area contributed by atoms with Gasteiger partial charge in [0.15, 0.2) is 16.7 Å². The fraction of sp³-hybridized carbons (Fsp3) is 0.429. The fourth-order valence-corrected chi connectivity index (χ4v) is 2.31. The Morgan fingerprint density at radius 1 is 1.42 bits per heavy atom. The first-order valence-corrected chi connectivity index (χ1v) is 6.83. The maximum atomic E-state index is 6.02. The van der Waals surface area contributed by atoms with E-state index >= 15 is 0 Å². The van der Waals surface area contributed by atoms with Gasteiger partial charge in [-0.05, 0) is 57.1 Å². The number of nitrogens with zero attached hydrogens (tertiary/aromatic N) is 2. The van der Waals surface area contributed by atoms with Crippen molar-refractivity contribution in [1.82, 2.24) is 14.8 Å². The third-order valence-corrected chi connectivity index (χ3v) is 3.64. The summed E-state index contributed by atoms with van der Waals surface area (Å²) in [5.41, 5.74) is 2.38. The summed E-state index contributed by atoms with van der Waals surface area (Å²) in [4.78, 5) is 0. The molecule has 0 unspecified atom stereocenters. The summed E-state index contributed by atoms with van der Waals surface area (Å²) in [5, 5.41) is 7.07. The molecule has 2 rings (SSSR count). The van der Waals surface area contributed by atoms with Gasteiger partial charge in [0.2, 0.25) is 0 Å². The Hall–Kier alpha value is -1.62. The minimum absolute atomic E-state index is 0.145. The molecule has 0 saturated heterocycles. The average molecular weight is 277 g/mol. The van der Waals surface area contributed by atoms with Crippen LogP contribution >= 0.6 is 12.2 Å². The van der Waals surface area contributed by atoms with Crippen molar-refractivity contribution in [2.24, 2.45) is 0 Å². The van der Waals surface area contributed by atoms with E-state index in [9.17, 15) is 0 Å². The summed E-state index contributed by atoms with van der Waals surface area (Å²) < 4.78 is 8.60. The zero-order chi connectivity index (χ0) is 14.0. The zero-order valence-electron chi connectivity index (χ0n) is 11.7. The van der Waals surface area contributed by atoms with Gasteiger partial charge < -0.3 is 9.30 Å². The molecule has 1 N–H and O–H groups in total. The van der Waals surface area contributed by atoms with E-state index in [1.807, 2.05) is 30.5 Å². The molecule has 1 aromatic heterocycles. The lowest BCUT2D eigenvalue weighted by Gasteiger charge is -2.17. The summed E-state index contributed by atoms with van der Waals surface area (Å²) in [6.07, 6.45) is -0.145. The van der Waals surface area contributed by atoms with Crippen molar-refractivity contribution >= 4 is 12.2 Å². The molecule has 5 heteroatoms. The molecule has 0 spiro atoms. The normalized spacial score (nSPS) is 12.4. The molecule has 1 heterocycles. The molecule has 19 heavy (non-hydrogen) atoms. The number of hydrogen-bond acceptors (Lipinski definition) is 3. The van der Waals surface area contributed by atoms with Gasteiger partial charge in [-0.1, -0.05) is 12.1 Å². The molecule has 0 amide bonds. The van der Waals surface area contributed by atoms with Gasteiger partial charge in [0, 0.05) is 6.54 Å². The van der Waals surface area contributed by atoms with Gasteiger partial charge >= 0.3 is 0 Å². The van der Waals surface area contributed by atoms with Crippen molar-refractivity contribution < 1.29 is 4.74 Å². The van der Waals surface area contributed by atoms with Crippen molar-refractivity contribution in [3.05, 3.63) is 39.9 Å². The van der Waals surface area contributed by atoms with Gasteiger partial charge in [0.25, 0.3) is 0 Å². The minimum atomic E-state index is -0.145. The van der Waals surface area contributed by atoms with E-state index in [0.29, 0.717) is 4.77 Å². The topological polar surface area (TPSA) is 42.8 Å². The predicted molar refractivity (Wildman–Crippen MR) is 78.0 cm³/mol. The number of aromatic amines is 1. The molecule has 0 aliphatic carbocycles. The molecule has 0 radical (unpaired) electrons. The minimum Gasteiger partial charge on any atom is -0.482 e. The van der Waals surface area contributed by atoms with Crippen molar-refractivity contribution in [3.63, 3.8) is 0 Å². The highest BCUT2D eigenvalue weighted by Crippen LogP contribution is 2.26. The number of H-pyrrole nitrogens is 1. The monoisotopic (exact) mass is 277 g/mol. The van der Waals surface area contributed by atoms with Gasteiger partial charge in [0.1, 0.15) is 5.75 Å². The Kier molecular flexibility index (Phi) is 4.04. The molecule has 0 bridgehead atoms. The molecule has 102 valence electrons. The third-order valence-electron chi connectivity index (χ3n) is 3.33. The second-order valence-corrected chi connectivity index (χ2v) is 4.98. The zero-order valence-corrected chi connectivity index (χ0v) is 12.5. The second-order valence-electron chi connectivity index (χ2n) is 4.59. The Labute approximate surface area is 118 Å². The molecule has 1 aromatic carbocycles. The molecular weight excluding hydrogens is 258 g/mol. The summed E-state index contributed by atoms with van der Waals surface area (Å²) in [6.45, 7) is 8.95. The highest BCUT2D eigenvalue weighted by atomic mass is 32.1. The van der Waals surface area contributed by atoms with Crippen LogP contribution in [0.3, 0.4) is 0 Å². The maximum absolute atomic E-state index is 6.02. The second kappa shape index (κ2) is 5.57. The average Bonchev–Trinajstić information content (AvgIpc) is 2.76. The first-order chi connectivity index (χ1) is 9.04. The number of ether oxygens (including phenoxy) is 1. The third kappa shape index (κ3) is 2.71. The number of rotatable bonds is 4. The van der Waals surface area contributed by atoms with Crippen LogP contribution in [-0.4, -0.2) is 14.8 Å². The number of hydrogen-bond donors (Lipinski definition) is 1. The lowest BCUT2D eigenvalue weighted by Crippen LogP contribution is -2.12. The van der Waals surface area contributed by atoms with Crippen LogP contribution in [0.2, 0.25) is 0 Å². The number of aromatic nitrogens is 3. The predicted octanol–water partition coefficient (Wildman–Crippen LogP) is 3.72. The molecule has 0 aliphatic heterocycles. The lowest BCUT2D eigenvalue weighted by molar-refractivity contribution is 0.209. The van der Waals surface area contributed by atoms with Crippen molar-refractivity contribution in [2.75, 3.05) is 0 Å². The summed E-state index contributed by atoms with van der Waals surface area (Å²) in [5.74, 6) is 1.72.